The van der Waals surface area contributed by atoms with E-state index in [1.807, 2.05) is 57.2 Å². The van der Waals surface area contributed by atoms with Crippen molar-refractivity contribution in [3.8, 4) is 0 Å². The third-order valence-electron chi connectivity index (χ3n) is 6.42. The predicted molar refractivity (Wildman–Crippen MR) is 128 cm³/mol. The quantitative estimate of drug-likeness (QED) is 0.611. The van der Waals surface area contributed by atoms with Gasteiger partial charge in [-0.3, -0.25) is 4.79 Å². The molecule has 1 fully saturated rings. The van der Waals surface area contributed by atoms with Crippen molar-refractivity contribution in [1.82, 2.24) is 9.62 Å². The van der Waals surface area contributed by atoms with Crippen LogP contribution in [0.5, 0.6) is 0 Å². The molecule has 1 unspecified atom stereocenters. The minimum atomic E-state index is -3.55. The van der Waals surface area contributed by atoms with E-state index in [4.69, 9.17) is 0 Å². The predicted octanol–water partition coefficient (Wildman–Crippen LogP) is 4.73. The molecule has 6 heteroatoms. The summed E-state index contributed by atoms with van der Waals surface area (Å²) in [7, 11) is -3.55. The van der Waals surface area contributed by atoms with Gasteiger partial charge in [-0.2, -0.15) is 4.31 Å². The lowest BCUT2D eigenvalue weighted by atomic mass is 9.95. The number of rotatable bonds is 5. The molecule has 1 heterocycles. The van der Waals surface area contributed by atoms with Crippen molar-refractivity contribution in [2.45, 2.75) is 44.6 Å². The number of hydrogen-bond donors (Lipinski definition) is 1. The van der Waals surface area contributed by atoms with Crippen molar-refractivity contribution >= 4 is 26.7 Å². The van der Waals surface area contributed by atoms with Gasteiger partial charge in [0, 0.05) is 19.0 Å². The largest absolute Gasteiger partial charge is 0.349 e. The number of carbonyl (C=O) groups is 1. The maximum absolute atomic E-state index is 13.1. The van der Waals surface area contributed by atoms with Crippen LogP contribution in [0.2, 0.25) is 0 Å². The van der Waals surface area contributed by atoms with E-state index in [1.54, 1.807) is 6.07 Å². The second-order valence-corrected chi connectivity index (χ2v) is 10.7. The second-order valence-electron chi connectivity index (χ2n) is 8.75. The SMILES string of the molecule is Cc1ccc(S(=O)(=O)N2CCC(C(=O)NC(C)c3cccc4ccccc34)CC2)c(C)c1. The molecule has 4 rings (SSSR count). The lowest BCUT2D eigenvalue weighted by molar-refractivity contribution is -0.126. The number of piperidine rings is 1. The number of carbonyl (C=O) groups excluding carboxylic acids is 1. The van der Waals surface area contributed by atoms with Crippen molar-refractivity contribution in [3.05, 3.63) is 77.4 Å². The molecule has 0 spiro atoms. The minimum Gasteiger partial charge on any atom is -0.349 e. The average Bonchev–Trinajstić information content (AvgIpc) is 2.78. The molecular weight excluding hydrogens is 420 g/mol. The van der Waals surface area contributed by atoms with Crippen molar-refractivity contribution in [2.75, 3.05) is 13.1 Å². The normalized spacial score (nSPS) is 16.7. The third-order valence-corrected chi connectivity index (χ3v) is 8.48. The minimum absolute atomic E-state index is 0.00556. The van der Waals surface area contributed by atoms with Crippen LogP contribution in [0, 0.1) is 19.8 Å². The number of fused-ring (bicyclic) bond motifs is 1. The van der Waals surface area contributed by atoms with Gasteiger partial charge in [0.15, 0.2) is 0 Å². The number of nitrogens with one attached hydrogen (secondary N) is 1. The van der Waals surface area contributed by atoms with E-state index >= 15 is 0 Å². The molecule has 1 aliphatic rings. The average molecular weight is 451 g/mol. The van der Waals surface area contributed by atoms with E-state index in [0.717, 1.165) is 27.5 Å². The molecule has 1 amide bonds. The molecule has 0 aliphatic carbocycles. The summed E-state index contributed by atoms with van der Waals surface area (Å²) < 4.78 is 27.7. The van der Waals surface area contributed by atoms with E-state index in [2.05, 4.69) is 23.5 Å². The van der Waals surface area contributed by atoms with Gasteiger partial charge in [0.1, 0.15) is 0 Å². The fourth-order valence-corrected chi connectivity index (χ4v) is 6.30. The molecule has 0 saturated carbocycles. The summed E-state index contributed by atoms with van der Waals surface area (Å²) in [5, 5.41) is 5.44. The molecular formula is C26H30N2O3S. The van der Waals surface area contributed by atoms with E-state index in [1.165, 1.54) is 4.31 Å². The van der Waals surface area contributed by atoms with Crippen molar-refractivity contribution in [3.63, 3.8) is 0 Å². The van der Waals surface area contributed by atoms with Gasteiger partial charge in [-0.15, -0.1) is 0 Å². The Balaban J connectivity index is 1.41. The van der Waals surface area contributed by atoms with Crippen LogP contribution in [0.1, 0.15) is 42.5 Å². The number of nitrogens with zero attached hydrogens (tertiary/aromatic N) is 1. The van der Waals surface area contributed by atoms with Crippen LogP contribution in [-0.4, -0.2) is 31.7 Å². The molecule has 1 aliphatic heterocycles. The molecule has 168 valence electrons. The van der Waals surface area contributed by atoms with Gasteiger partial charge in [0.2, 0.25) is 15.9 Å². The maximum atomic E-state index is 13.1. The Hall–Kier alpha value is -2.70. The fourth-order valence-electron chi connectivity index (χ4n) is 4.62. The molecule has 0 aromatic heterocycles. The summed E-state index contributed by atoms with van der Waals surface area (Å²) in [6, 6.07) is 19.6. The number of aryl methyl sites for hydroxylation is 2. The first-order valence-corrected chi connectivity index (χ1v) is 12.6. The number of hydrogen-bond acceptors (Lipinski definition) is 3. The lowest BCUT2D eigenvalue weighted by Gasteiger charge is -2.31. The molecule has 0 bridgehead atoms. The Morgan fingerprint density at radius 3 is 2.41 bits per heavy atom. The van der Waals surface area contributed by atoms with Crippen molar-refractivity contribution in [2.24, 2.45) is 5.92 Å². The van der Waals surface area contributed by atoms with Gasteiger partial charge < -0.3 is 5.32 Å². The van der Waals surface area contributed by atoms with Gasteiger partial charge in [0.25, 0.3) is 0 Å². The Morgan fingerprint density at radius 2 is 1.69 bits per heavy atom. The summed E-state index contributed by atoms with van der Waals surface area (Å²) in [4.78, 5) is 13.3. The molecule has 1 atom stereocenters. The first kappa shape index (κ1) is 22.5. The van der Waals surface area contributed by atoms with Gasteiger partial charge in [-0.1, -0.05) is 60.2 Å². The fraction of sp³-hybridized carbons (Fsp3) is 0.346. The summed E-state index contributed by atoms with van der Waals surface area (Å²) in [6.45, 7) is 6.49. The van der Waals surface area contributed by atoms with Crippen LogP contribution in [0.25, 0.3) is 10.8 Å². The van der Waals surface area contributed by atoms with Crippen LogP contribution in [0.4, 0.5) is 0 Å². The van der Waals surface area contributed by atoms with Crippen molar-refractivity contribution < 1.29 is 13.2 Å². The number of amides is 1. The summed E-state index contributed by atoms with van der Waals surface area (Å²) in [6.07, 6.45) is 1.05. The number of sulfonamides is 1. The van der Waals surface area contributed by atoms with Gasteiger partial charge in [-0.05, 0) is 61.6 Å². The first-order valence-electron chi connectivity index (χ1n) is 11.1. The van der Waals surface area contributed by atoms with Crippen molar-refractivity contribution in [1.29, 1.82) is 0 Å². The molecule has 0 radical (unpaired) electrons. The number of benzene rings is 3. The smallest absolute Gasteiger partial charge is 0.243 e. The highest BCUT2D eigenvalue weighted by atomic mass is 32.2. The molecule has 5 nitrogen and oxygen atoms in total. The monoisotopic (exact) mass is 450 g/mol. The van der Waals surface area contributed by atoms with Gasteiger partial charge in [-0.25, -0.2) is 8.42 Å². The second kappa shape index (κ2) is 9.04. The highest BCUT2D eigenvalue weighted by Gasteiger charge is 2.33. The van der Waals surface area contributed by atoms with Crippen LogP contribution >= 0.6 is 0 Å². The Bertz CT molecular complexity index is 1240. The van der Waals surface area contributed by atoms with Crippen LogP contribution < -0.4 is 5.32 Å². The topological polar surface area (TPSA) is 66.5 Å². The first-order chi connectivity index (χ1) is 15.3. The Kier molecular flexibility index (Phi) is 6.35. The zero-order valence-electron chi connectivity index (χ0n) is 18.8. The highest BCUT2D eigenvalue weighted by molar-refractivity contribution is 7.89. The summed E-state index contributed by atoms with van der Waals surface area (Å²) in [5.41, 5.74) is 2.89. The highest BCUT2D eigenvalue weighted by Crippen LogP contribution is 2.28. The Morgan fingerprint density at radius 1 is 1.00 bits per heavy atom. The molecule has 1 N–H and O–H groups in total. The lowest BCUT2D eigenvalue weighted by Crippen LogP contribution is -2.43. The van der Waals surface area contributed by atoms with Gasteiger partial charge in [0.05, 0.1) is 10.9 Å². The van der Waals surface area contributed by atoms with E-state index < -0.39 is 10.0 Å². The molecule has 3 aromatic carbocycles. The zero-order chi connectivity index (χ0) is 22.9. The maximum Gasteiger partial charge on any atom is 0.243 e. The van der Waals surface area contributed by atoms with E-state index in [9.17, 15) is 13.2 Å². The van der Waals surface area contributed by atoms with E-state index in [-0.39, 0.29) is 17.9 Å². The van der Waals surface area contributed by atoms with Crippen LogP contribution in [0.3, 0.4) is 0 Å². The zero-order valence-corrected chi connectivity index (χ0v) is 19.7. The summed E-state index contributed by atoms with van der Waals surface area (Å²) >= 11 is 0. The summed E-state index contributed by atoms with van der Waals surface area (Å²) in [5.74, 6) is -0.188. The molecule has 32 heavy (non-hydrogen) atoms. The standard InChI is InChI=1S/C26H30N2O3S/c1-18-11-12-25(19(2)17-18)32(30,31)28-15-13-22(14-16-28)26(29)27-20(3)23-10-6-8-21-7-4-5-9-24(21)23/h4-12,17,20,22H,13-16H2,1-3H3,(H,27,29). The third kappa shape index (κ3) is 4.43. The Labute approximate surface area is 190 Å². The van der Waals surface area contributed by atoms with Gasteiger partial charge >= 0.3 is 0 Å². The van der Waals surface area contributed by atoms with E-state index in [0.29, 0.717) is 30.8 Å². The molecule has 3 aromatic rings. The van der Waals surface area contributed by atoms with Crippen LogP contribution in [0.15, 0.2) is 65.6 Å². The molecule has 1 saturated heterocycles. The van der Waals surface area contributed by atoms with Crippen LogP contribution in [-0.2, 0) is 14.8 Å².